The van der Waals surface area contributed by atoms with Crippen LogP contribution in [-0.4, -0.2) is 10.3 Å². The highest BCUT2D eigenvalue weighted by molar-refractivity contribution is 6.15. The normalized spacial score (nSPS) is 14.9. The summed E-state index contributed by atoms with van der Waals surface area (Å²) < 4.78 is 9.33. The quantitative estimate of drug-likeness (QED) is 0.201. The summed E-state index contributed by atoms with van der Waals surface area (Å²) in [7, 11) is 0. The van der Waals surface area contributed by atoms with Gasteiger partial charge >= 0.3 is 0 Å². The van der Waals surface area contributed by atoms with Crippen molar-refractivity contribution in [2.45, 2.75) is 12.6 Å². The molecule has 0 bridgehead atoms. The lowest BCUT2D eigenvalue weighted by molar-refractivity contribution is 0.659. The van der Waals surface area contributed by atoms with Crippen molar-refractivity contribution in [2.75, 3.05) is 0 Å². The molecule has 11 rings (SSSR count). The van der Waals surface area contributed by atoms with Crippen LogP contribution in [0.1, 0.15) is 29.3 Å². The Morgan fingerprint density at radius 1 is 0.547 bits per heavy atom. The van der Waals surface area contributed by atoms with Crippen molar-refractivity contribution < 1.29 is 4.42 Å². The van der Waals surface area contributed by atoms with E-state index in [2.05, 4.69) is 180 Å². The van der Waals surface area contributed by atoms with Gasteiger partial charge in [0, 0.05) is 44.9 Å². The average Bonchev–Trinajstić information content (AvgIpc) is 3.66. The number of fused-ring (bicyclic) bond motifs is 8. The molecule has 2 aromatic heterocycles. The predicted octanol–water partition coefficient (Wildman–Crippen LogP) is 12.5. The maximum absolute atomic E-state index is 6.90. The second-order valence-corrected chi connectivity index (χ2v) is 13.9. The van der Waals surface area contributed by atoms with E-state index in [1.807, 2.05) is 6.07 Å². The molecular formula is C49H33N3O. The summed E-state index contributed by atoms with van der Waals surface area (Å²) in [6.45, 7) is 0. The van der Waals surface area contributed by atoms with E-state index in [0.29, 0.717) is 6.42 Å². The molecule has 0 spiro atoms. The molecule has 4 heteroatoms. The molecule has 0 amide bonds. The van der Waals surface area contributed by atoms with Crippen molar-refractivity contribution in [3.8, 4) is 5.69 Å². The molecule has 3 heterocycles. The molecule has 1 unspecified atom stereocenters. The highest BCUT2D eigenvalue weighted by atomic mass is 16.3. The van der Waals surface area contributed by atoms with Gasteiger partial charge in [-0.2, -0.15) is 0 Å². The second kappa shape index (κ2) is 11.8. The molecule has 53 heavy (non-hydrogen) atoms. The van der Waals surface area contributed by atoms with Crippen LogP contribution in [0.5, 0.6) is 0 Å². The van der Waals surface area contributed by atoms with Gasteiger partial charge in [-0.1, -0.05) is 140 Å². The molecule has 0 saturated heterocycles. The minimum atomic E-state index is -0.348. The van der Waals surface area contributed by atoms with E-state index >= 15 is 0 Å². The number of allylic oxidation sites excluding steroid dienone is 1. The van der Waals surface area contributed by atoms with Gasteiger partial charge in [0.1, 0.15) is 17.3 Å². The number of nitrogens with one attached hydrogen (secondary N) is 1. The first-order chi connectivity index (χ1) is 26.3. The predicted molar refractivity (Wildman–Crippen MR) is 221 cm³/mol. The lowest BCUT2D eigenvalue weighted by Gasteiger charge is -2.22. The number of furan rings is 1. The van der Waals surface area contributed by atoms with E-state index in [4.69, 9.17) is 9.41 Å². The minimum absolute atomic E-state index is 0.348. The molecule has 0 aliphatic carbocycles. The monoisotopic (exact) mass is 679 g/mol. The highest BCUT2D eigenvalue weighted by Gasteiger charge is 2.26. The summed E-state index contributed by atoms with van der Waals surface area (Å²) in [5, 5.41) is 13.4. The molecule has 0 saturated carbocycles. The zero-order chi connectivity index (χ0) is 34.9. The summed E-state index contributed by atoms with van der Waals surface area (Å²) in [5.41, 5.74) is 10.4. The smallest absolute Gasteiger partial charge is 0.146 e. The van der Waals surface area contributed by atoms with Gasteiger partial charge in [0.05, 0.1) is 22.3 Å². The standard InChI is InChI=1S/C49H33N3O/c1-2-14-32(15-3-1)41-26-27-42(51-49(50-41)39-22-12-18-31-13-6-7-19-35(31)39)47-44(28-25-38-37-21-9-11-24-46(37)53-48(38)47)52-43-23-10-8-20-36(43)40-29-33-16-4-5-17-34(33)30-45(40)52/h1-25,27-30,49,51H,26H2. The fourth-order valence-corrected chi connectivity index (χ4v) is 8.42. The number of nitrogens with zero attached hydrogens (tertiary/aromatic N) is 2. The van der Waals surface area contributed by atoms with Gasteiger partial charge in [0.2, 0.25) is 0 Å². The largest absolute Gasteiger partial charge is 0.455 e. The van der Waals surface area contributed by atoms with Gasteiger partial charge < -0.3 is 14.3 Å². The SMILES string of the molecule is C1=C(c2c(-n3c4ccccc4c4cc5ccccc5cc43)ccc3c2oc2ccccc23)NC(c2cccc3ccccc23)N=C(c2ccccc2)C1. The summed E-state index contributed by atoms with van der Waals surface area (Å²) in [6, 6.07) is 60.6. The third kappa shape index (κ3) is 4.73. The molecule has 1 atom stereocenters. The lowest BCUT2D eigenvalue weighted by atomic mass is 10.0. The van der Waals surface area contributed by atoms with Crippen LogP contribution in [0.2, 0.25) is 0 Å². The number of aromatic nitrogens is 1. The number of hydrogen-bond acceptors (Lipinski definition) is 3. The third-order valence-electron chi connectivity index (χ3n) is 10.9. The van der Waals surface area contributed by atoms with E-state index < -0.39 is 0 Å². The molecule has 1 aliphatic heterocycles. The van der Waals surface area contributed by atoms with Crippen molar-refractivity contribution in [3.05, 3.63) is 193 Å². The van der Waals surface area contributed by atoms with Crippen LogP contribution < -0.4 is 5.32 Å². The molecule has 0 fully saturated rings. The van der Waals surface area contributed by atoms with Gasteiger partial charge in [-0.05, 0) is 63.5 Å². The van der Waals surface area contributed by atoms with E-state index in [1.54, 1.807) is 0 Å². The Hall–Kier alpha value is -6.91. The molecule has 1 N–H and O–H groups in total. The van der Waals surface area contributed by atoms with E-state index in [-0.39, 0.29) is 6.17 Å². The van der Waals surface area contributed by atoms with Crippen LogP contribution >= 0.6 is 0 Å². The Morgan fingerprint density at radius 3 is 2.11 bits per heavy atom. The van der Waals surface area contributed by atoms with Crippen molar-refractivity contribution in [3.63, 3.8) is 0 Å². The Labute approximate surface area is 305 Å². The van der Waals surface area contributed by atoms with Gasteiger partial charge in [-0.3, -0.25) is 4.99 Å². The van der Waals surface area contributed by atoms with E-state index in [9.17, 15) is 0 Å². The number of rotatable bonds is 4. The summed E-state index contributed by atoms with van der Waals surface area (Å²) in [5.74, 6) is 0. The second-order valence-electron chi connectivity index (χ2n) is 13.9. The molecule has 250 valence electrons. The van der Waals surface area contributed by atoms with Crippen LogP contribution in [0.3, 0.4) is 0 Å². The van der Waals surface area contributed by atoms with Crippen molar-refractivity contribution in [2.24, 2.45) is 4.99 Å². The van der Waals surface area contributed by atoms with Crippen LogP contribution in [0.25, 0.3) is 76.7 Å². The van der Waals surface area contributed by atoms with Gasteiger partial charge in [0.15, 0.2) is 0 Å². The molecular weight excluding hydrogens is 647 g/mol. The molecule has 1 aliphatic rings. The summed E-state index contributed by atoms with van der Waals surface area (Å²) in [4.78, 5) is 5.51. The zero-order valence-electron chi connectivity index (χ0n) is 28.8. The Kier molecular flexibility index (Phi) is 6.65. The molecule has 8 aromatic carbocycles. The first-order valence-corrected chi connectivity index (χ1v) is 18.2. The summed E-state index contributed by atoms with van der Waals surface area (Å²) >= 11 is 0. The Morgan fingerprint density at radius 2 is 1.25 bits per heavy atom. The lowest BCUT2D eigenvalue weighted by Crippen LogP contribution is -2.19. The minimum Gasteiger partial charge on any atom is -0.455 e. The van der Waals surface area contributed by atoms with Gasteiger partial charge in [0.25, 0.3) is 0 Å². The number of para-hydroxylation sites is 2. The topological polar surface area (TPSA) is 42.5 Å². The van der Waals surface area contributed by atoms with Crippen LogP contribution in [-0.2, 0) is 0 Å². The van der Waals surface area contributed by atoms with Crippen molar-refractivity contribution in [1.82, 2.24) is 9.88 Å². The Bertz CT molecular complexity index is 3120. The maximum Gasteiger partial charge on any atom is 0.146 e. The van der Waals surface area contributed by atoms with Crippen LogP contribution in [0, 0.1) is 0 Å². The number of hydrogen-bond donors (Lipinski definition) is 1. The first-order valence-electron chi connectivity index (χ1n) is 18.2. The van der Waals surface area contributed by atoms with Crippen LogP contribution in [0.4, 0.5) is 0 Å². The number of benzene rings is 8. The highest BCUT2D eigenvalue weighted by Crippen LogP contribution is 2.42. The van der Waals surface area contributed by atoms with Crippen molar-refractivity contribution >= 4 is 76.7 Å². The molecule has 4 nitrogen and oxygen atoms in total. The Balaban J connectivity index is 1.22. The van der Waals surface area contributed by atoms with E-state index in [1.165, 1.54) is 32.3 Å². The fraction of sp³-hybridized carbons (Fsp3) is 0.0408. The van der Waals surface area contributed by atoms with Gasteiger partial charge in [-0.25, -0.2) is 0 Å². The van der Waals surface area contributed by atoms with E-state index in [0.717, 1.165) is 66.8 Å². The fourth-order valence-electron chi connectivity index (χ4n) is 8.42. The average molecular weight is 680 g/mol. The first kappa shape index (κ1) is 29.8. The maximum atomic E-state index is 6.90. The molecule has 10 aromatic rings. The zero-order valence-corrected chi connectivity index (χ0v) is 28.8. The van der Waals surface area contributed by atoms with Crippen LogP contribution in [0.15, 0.2) is 185 Å². The third-order valence-corrected chi connectivity index (χ3v) is 10.9. The van der Waals surface area contributed by atoms with Crippen molar-refractivity contribution in [1.29, 1.82) is 0 Å². The molecule has 0 radical (unpaired) electrons. The summed E-state index contributed by atoms with van der Waals surface area (Å²) in [6.07, 6.45) is 2.62. The van der Waals surface area contributed by atoms with Gasteiger partial charge in [-0.15, -0.1) is 0 Å². The number of aliphatic imine (C=N–C) groups is 1.